The van der Waals surface area contributed by atoms with E-state index in [1.807, 2.05) is 0 Å². The molecule has 0 spiro atoms. The fraction of sp³-hybridized carbons (Fsp3) is 0.333. The highest BCUT2D eigenvalue weighted by molar-refractivity contribution is 5.52. The van der Waals surface area contributed by atoms with E-state index in [9.17, 15) is 0 Å². The molecule has 0 aliphatic heterocycles. The molecule has 1 heteroatoms. The molecule has 2 aromatic rings. The van der Waals surface area contributed by atoms with Crippen molar-refractivity contribution in [1.29, 1.82) is 0 Å². The van der Waals surface area contributed by atoms with Crippen molar-refractivity contribution in [1.82, 2.24) is 0 Å². The quantitative estimate of drug-likeness (QED) is 0.784. The zero-order chi connectivity index (χ0) is 13.5. The maximum atomic E-state index is 3.56. The Morgan fingerprint density at radius 3 is 2.32 bits per heavy atom. The van der Waals surface area contributed by atoms with Gasteiger partial charge in [-0.3, -0.25) is 0 Å². The molecular formula is C18H23N. The topological polar surface area (TPSA) is 12.0 Å². The normalized spacial score (nSPS) is 10.7. The summed E-state index contributed by atoms with van der Waals surface area (Å²) in [6.45, 7) is 5.57. The number of benzene rings is 2. The van der Waals surface area contributed by atoms with E-state index >= 15 is 0 Å². The first-order chi connectivity index (χ1) is 9.25. The molecular weight excluding hydrogens is 230 g/mol. The summed E-state index contributed by atoms with van der Waals surface area (Å²) in [5.41, 5.74) is 4.00. The van der Waals surface area contributed by atoms with Crippen molar-refractivity contribution in [2.75, 3.05) is 11.9 Å². The molecule has 0 aliphatic rings. The smallest absolute Gasteiger partial charge is 0.0376 e. The second kappa shape index (κ2) is 6.98. The molecule has 0 bridgehead atoms. The number of para-hydroxylation sites is 1. The van der Waals surface area contributed by atoms with Gasteiger partial charge in [-0.1, -0.05) is 62.4 Å². The number of hydrogen-bond donors (Lipinski definition) is 1. The van der Waals surface area contributed by atoms with Crippen molar-refractivity contribution in [3.63, 3.8) is 0 Å². The zero-order valence-corrected chi connectivity index (χ0v) is 11.9. The van der Waals surface area contributed by atoms with Gasteiger partial charge in [0.15, 0.2) is 0 Å². The van der Waals surface area contributed by atoms with Crippen LogP contribution in [0, 0.1) is 5.92 Å². The van der Waals surface area contributed by atoms with Crippen molar-refractivity contribution in [2.45, 2.75) is 26.7 Å². The molecule has 100 valence electrons. The lowest BCUT2D eigenvalue weighted by Crippen LogP contribution is -2.06. The average Bonchev–Trinajstić information content (AvgIpc) is 2.41. The van der Waals surface area contributed by atoms with Crippen molar-refractivity contribution < 1.29 is 0 Å². The van der Waals surface area contributed by atoms with Gasteiger partial charge >= 0.3 is 0 Å². The SMILES string of the molecule is CC(C)CCNc1ccccc1Cc1ccccc1. The standard InChI is InChI=1S/C18H23N/c1-15(2)12-13-19-18-11-7-6-10-17(18)14-16-8-4-3-5-9-16/h3-11,15,19H,12-14H2,1-2H3. The van der Waals surface area contributed by atoms with E-state index in [1.54, 1.807) is 0 Å². The second-order valence-electron chi connectivity index (χ2n) is 5.43. The van der Waals surface area contributed by atoms with E-state index in [2.05, 4.69) is 73.8 Å². The molecule has 2 aromatic carbocycles. The Kier molecular flexibility index (Phi) is 5.02. The molecule has 0 heterocycles. The molecule has 0 amide bonds. The van der Waals surface area contributed by atoms with Crippen LogP contribution in [-0.2, 0) is 6.42 Å². The largest absolute Gasteiger partial charge is 0.385 e. The van der Waals surface area contributed by atoms with Gasteiger partial charge in [-0.25, -0.2) is 0 Å². The minimum absolute atomic E-state index is 0.744. The monoisotopic (exact) mass is 253 g/mol. The summed E-state index contributed by atoms with van der Waals surface area (Å²) in [5.74, 6) is 0.744. The molecule has 2 rings (SSSR count). The van der Waals surface area contributed by atoms with Gasteiger partial charge in [0.1, 0.15) is 0 Å². The molecule has 0 atom stereocenters. The van der Waals surface area contributed by atoms with E-state index in [0.29, 0.717) is 0 Å². The van der Waals surface area contributed by atoms with E-state index < -0.39 is 0 Å². The van der Waals surface area contributed by atoms with Crippen LogP contribution in [-0.4, -0.2) is 6.54 Å². The summed E-state index contributed by atoms with van der Waals surface area (Å²) >= 11 is 0. The molecule has 0 saturated heterocycles. The highest BCUT2D eigenvalue weighted by atomic mass is 14.9. The van der Waals surface area contributed by atoms with Crippen molar-refractivity contribution in [2.24, 2.45) is 5.92 Å². The lowest BCUT2D eigenvalue weighted by Gasteiger charge is -2.13. The molecule has 0 fully saturated rings. The summed E-state index contributed by atoms with van der Waals surface area (Å²) in [7, 11) is 0. The van der Waals surface area contributed by atoms with Gasteiger partial charge in [0.2, 0.25) is 0 Å². The first-order valence-electron chi connectivity index (χ1n) is 7.11. The maximum Gasteiger partial charge on any atom is 0.0376 e. The van der Waals surface area contributed by atoms with Gasteiger partial charge in [0.25, 0.3) is 0 Å². The van der Waals surface area contributed by atoms with Gasteiger partial charge in [0, 0.05) is 12.2 Å². The molecule has 1 nitrogen and oxygen atoms in total. The fourth-order valence-corrected chi connectivity index (χ4v) is 2.16. The van der Waals surface area contributed by atoms with Crippen LogP contribution in [0.1, 0.15) is 31.4 Å². The van der Waals surface area contributed by atoms with Crippen molar-refractivity contribution in [3.05, 3.63) is 65.7 Å². The fourth-order valence-electron chi connectivity index (χ4n) is 2.16. The first-order valence-corrected chi connectivity index (χ1v) is 7.11. The third-order valence-electron chi connectivity index (χ3n) is 3.29. The molecule has 0 aromatic heterocycles. The maximum absolute atomic E-state index is 3.56. The Balaban J connectivity index is 2.04. The van der Waals surface area contributed by atoms with Crippen LogP contribution in [0.4, 0.5) is 5.69 Å². The zero-order valence-electron chi connectivity index (χ0n) is 11.9. The predicted molar refractivity (Wildman–Crippen MR) is 83.6 cm³/mol. The highest BCUT2D eigenvalue weighted by Gasteiger charge is 2.02. The number of nitrogens with one attached hydrogen (secondary N) is 1. The summed E-state index contributed by atoms with van der Waals surface area (Å²) in [6.07, 6.45) is 2.20. The van der Waals surface area contributed by atoms with Crippen LogP contribution < -0.4 is 5.32 Å². The van der Waals surface area contributed by atoms with Gasteiger partial charge in [-0.05, 0) is 36.0 Å². The molecule has 0 radical (unpaired) electrons. The Bertz CT molecular complexity index is 488. The van der Waals surface area contributed by atoms with Crippen LogP contribution >= 0.6 is 0 Å². The number of hydrogen-bond acceptors (Lipinski definition) is 1. The summed E-state index contributed by atoms with van der Waals surface area (Å²) < 4.78 is 0. The lowest BCUT2D eigenvalue weighted by atomic mass is 10.0. The van der Waals surface area contributed by atoms with Crippen LogP contribution in [0.3, 0.4) is 0 Å². The van der Waals surface area contributed by atoms with Gasteiger partial charge < -0.3 is 5.32 Å². The van der Waals surface area contributed by atoms with Crippen LogP contribution in [0.2, 0.25) is 0 Å². The summed E-state index contributed by atoms with van der Waals surface area (Å²) in [5, 5.41) is 3.56. The molecule has 0 saturated carbocycles. The molecule has 0 aliphatic carbocycles. The van der Waals surface area contributed by atoms with Crippen molar-refractivity contribution >= 4 is 5.69 Å². The van der Waals surface area contributed by atoms with E-state index in [1.165, 1.54) is 23.2 Å². The van der Waals surface area contributed by atoms with Crippen LogP contribution in [0.5, 0.6) is 0 Å². The third-order valence-corrected chi connectivity index (χ3v) is 3.29. The van der Waals surface area contributed by atoms with Crippen LogP contribution in [0.15, 0.2) is 54.6 Å². The first kappa shape index (κ1) is 13.7. The molecule has 0 unspecified atom stereocenters. The Hall–Kier alpha value is -1.76. The summed E-state index contributed by atoms with van der Waals surface area (Å²) in [4.78, 5) is 0. The Labute approximate surface area is 116 Å². The summed E-state index contributed by atoms with van der Waals surface area (Å²) in [6, 6.07) is 19.3. The predicted octanol–water partition coefficient (Wildman–Crippen LogP) is 4.74. The highest BCUT2D eigenvalue weighted by Crippen LogP contribution is 2.19. The number of anilines is 1. The van der Waals surface area contributed by atoms with Crippen molar-refractivity contribution in [3.8, 4) is 0 Å². The van der Waals surface area contributed by atoms with Gasteiger partial charge in [0.05, 0.1) is 0 Å². The minimum Gasteiger partial charge on any atom is -0.385 e. The van der Waals surface area contributed by atoms with E-state index in [0.717, 1.165) is 18.9 Å². The average molecular weight is 253 g/mol. The third kappa shape index (κ3) is 4.44. The lowest BCUT2D eigenvalue weighted by molar-refractivity contribution is 0.607. The van der Waals surface area contributed by atoms with Crippen LogP contribution in [0.25, 0.3) is 0 Å². The van der Waals surface area contributed by atoms with E-state index in [-0.39, 0.29) is 0 Å². The minimum atomic E-state index is 0.744. The second-order valence-corrected chi connectivity index (χ2v) is 5.43. The van der Waals surface area contributed by atoms with Gasteiger partial charge in [-0.15, -0.1) is 0 Å². The molecule has 19 heavy (non-hydrogen) atoms. The van der Waals surface area contributed by atoms with Gasteiger partial charge in [-0.2, -0.15) is 0 Å². The Morgan fingerprint density at radius 1 is 0.895 bits per heavy atom. The molecule has 1 N–H and O–H groups in total. The number of rotatable bonds is 6. The van der Waals surface area contributed by atoms with E-state index in [4.69, 9.17) is 0 Å². The Morgan fingerprint density at radius 2 is 1.58 bits per heavy atom.